The Labute approximate surface area is 169 Å². The molecule has 8 heteroatoms. The molecule has 0 saturated heterocycles. The lowest BCUT2D eigenvalue weighted by Gasteiger charge is -2.26. The number of ether oxygens (including phenoxy) is 7. The van der Waals surface area contributed by atoms with E-state index in [0.29, 0.717) is 39.9 Å². The quantitative estimate of drug-likeness (QED) is 0.466. The molecule has 0 amide bonds. The predicted molar refractivity (Wildman–Crippen MR) is 104 cm³/mol. The summed E-state index contributed by atoms with van der Waals surface area (Å²) in [5.74, 6) is 1.17. The van der Waals surface area contributed by atoms with Crippen LogP contribution in [0.15, 0.2) is 30.3 Å². The van der Waals surface area contributed by atoms with Gasteiger partial charge < -0.3 is 33.2 Å². The number of ketones is 1. The van der Waals surface area contributed by atoms with Crippen LogP contribution in [0.5, 0.6) is 28.7 Å². The van der Waals surface area contributed by atoms with Gasteiger partial charge in [-0.1, -0.05) is 0 Å². The van der Waals surface area contributed by atoms with E-state index in [-0.39, 0.29) is 12.6 Å². The molecule has 0 saturated carbocycles. The van der Waals surface area contributed by atoms with E-state index in [0.717, 1.165) is 0 Å². The minimum Gasteiger partial charge on any atom is -0.497 e. The van der Waals surface area contributed by atoms with Crippen LogP contribution >= 0.6 is 0 Å². The van der Waals surface area contributed by atoms with Crippen molar-refractivity contribution in [3.63, 3.8) is 0 Å². The summed E-state index contributed by atoms with van der Waals surface area (Å²) in [5.41, 5.74) is 0.969. The highest BCUT2D eigenvalue weighted by atomic mass is 16.7. The molecule has 0 aliphatic carbocycles. The molecular formula is C21H24O8. The number of hydrogen-bond acceptors (Lipinski definition) is 8. The van der Waals surface area contributed by atoms with Gasteiger partial charge in [0.2, 0.25) is 18.3 Å². The van der Waals surface area contributed by atoms with Crippen LogP contribution in [0.2, 0.25) is 0 Å². The predicted octanol–water partition coefficient (Wildman–Crippen LogP) is 3.03. The Morgan fingerprint density at radius 1 is 0.897 bits per heavy atom. The topological polar surface area (TPSA) is 81.7 Å². The van der Waals surface area contributed by atoms with E-state index in [1.807, 2.05) is 0 Å². The molecule has 1 aliphatic heterocycles. The molecule has 0 bridgehead atoms. The molecule has 8 nitrogen and oxygen atoms in total. The molecule has 1 aliphatic rings. The smallest absolute Gasteiger partial charge is 0.231 e. The van der Waals surface area contributed by atoms with Gasteiger partial charge in [0, 0.05) is 25.3 Å². The van der Waals surface area contributed by atoms with Gasteiger partial charge in [0.05, 0.1) is 21.3 Å². The number of hydrogen-bond donors (Lipinski definition) is 0. The first-order chi connectivity index (χ1) is 14.1. The van der Waals surface area contributed by atoms with Crippen molar-refractivity contribution in [1.29, 1.82) is 0 Å². The summed E-state index contributed by atoms with van der Waals surface area (Å²) in [6.07, 6.45) is -0.872. The molecule has 1 atom stereocenters. The first kappa shape index (κ1) is 20.8. The molecule has 0 fully saturated rings. The molecule has 1 heterocycles. The van der Waals surface area contributed by atoms with Crippen LogP contribution < -0.4 is 23.7 Å². The van der Waals surface area contributed by atoms with Gasteiger partial charge in [0.1, 0.15) is 11.7 Å². The number of Topliss-reactive ketones (excluding diaryl/α,β-unsaturated/α-hetero) is 1. The SMILES string of the molecule is COc1ccc(C(=O)[C@@H](c2cc(OC)c3c(c2OC)OCO3)C(OC)OC)cc1. The van der Waals surface area contributed by atoms with E-state index in [2.05, 4.69) is 0 Å². The highest BCUT2D eigenvalue weighted by molar-refractivity contribution is 6.02. The fourth-order valence-electron chi connectivity index (χ4n) is 3.34. The van der Waals surface area contributed by atoms with Crippen molar-refractivity contribution >= 4 is 5.78 Å². The standard InChI is InChI=1S/C21H24O8/c1-23-13-8-6-12(7-9-13)17(22)16(21(26-4)27-5)14-10-15(24-2)19-20(18(14)25-3)29-11-28-19/h6-10,16,21H,11H2,1-5H3/t16-/m1/s1. The molecule has 2 aromatic rings. The summed E-state index contributed by atoms with van der Waals surface area (Å²) in [4.78, 5) is 13.5. The Hall–Kier alpha value is -2.97. The third kappa shape index (κ3) is 3.81. The van der Waals surface area contributed by atoms with E-state index in [1.54, 1.807) is 37.4 Å². The summed E-state index contributed by atoms with van der Waals surface area (Å²) in [6, 6.07) is 8.50. The van der Waals surface area contributed by atoms with E-state index < -0.39 is 12.2 Å². The largest absolute Gasteiger partial charge is 0.497 e. The first-order valence-corrected chi connectivity index (χ1v) is 8.87. The van der Waals surface area contributed by atoms with Crippen molar-refractivity contribution in [2.75, 3.05) is 42.3 Å². The van der Waals surface area contributed by atoms with Crippen molar-refractivity contribution in [1.82, 2.24) is 0 Å². The third-order valence-corrected chi connectivity index (χ3v) is 4.74. The monoisotopic (exact) mass is 404 g/mol. The van der Waals surface area contributed by atoms with Crippen LogP contribution in [0.25, 0.3) is 0 Å². The lowest BCUT2D eigenvalue weighted by Crippen LogP contribution is -2.30. The highest BCUT2D eigenvalue weighted by Crippen LogP contribution is 2.52. The lowest BCUT2D eigenvalue weighted by molar-refractivity contribution is -0.110. The molecule has 3 rings (SSSR count). The number of carbonyl (C=O) groups excluding carboxylic acids is 1. The summed E-state index contributed by atoms with van der Waals surface area (Å²) in [5, 5.41) is 0. The average molecular weight is 404 g/mol. The van der Waals surface area contributed by atoms with Crippen LogP contribution in [-0.2, 0) is 9.47 Å². The van der Waals surface area contributed by atoms with Crippen molar-refractivity contribution in [2.24, 2.45) is 0 Å². The van der Waals surface area contributed by atoms with E-state index in [1.165, 1.54) is 28.4 Å². The van der Waals surface area contributed by atoms with Crippen LogP contribution in [-0.4, -0.2) is 54.4 Å². The maximum Gasteiger partial charge on any atom is 0.231 e. The van der Waals surface area contributed by atoms with Crippen LogP contribution in [0.4, 0.5) is 0 Å². The molecule has 0 unspecified atom stereocenters. The molecule has 2 aromatic carbocycles. The zero-order valence-electron chi connectivity index (χ0n) is 17.0. The summed E-state index contributed by atoms with van der Waals surface area (Å²) in [6.45, 7) is 0.0284. The Bertz CT molecular complexity index is 858. The lowest BCUT2D eigenvalue weighted by atomic mass is 9.88. The van der Waals surface area contributed by atoms with Crippen LogP contribution in [0, 0.1) is 0 Å². The van der Waals surface area contributed by atoms with E-state index in [4.69, 9.17) is 33.2 Å². The molecule has 0 aromatic heterocycles. The highest BCUT2D eigenvalue weighted by Gasteiger charge is 2.38. The fraction of sp³-hybridized carbons (Fsp3) is 0.381. The molecule has 0 N–H and O–H groups in total. The molecule has 29 heavy (non-hydrogen) atoms. The summed E-state index contributed by atoms with van der Waals surface area (Å²) >= 11 is 0. The number of methoxy groups -OCH3 is 5. The zero-order chi connectivity index (χ0) is 21.0. The maximum atomic E-state index is 13.5. The van der Waals surface area contributed by atoms with Crippen molar-refractivity contribution < 1.29 is 38.0 Å². The second-order valence-corrected chi connectivity index (χ2v) is 6.18. The van der Waals surface area contributed by atoms with Crippen molar-refractivity contribution in [3.05, 3.63) is 41.5 Å². The summed E-state index contributed by atoms with van der Waals surface area (Å²) in [7, 11) is 7.52. The Balaban J connectivity index is 2.15. The second-order valence-electron chi connectivity index (χ2n) is 6.18. The van der Waals surface area contributed by atoms with Gasteiger partial charge in [-0.2, -0.15) is 0 Å². The van der Waals surface area contributed by atoms with Gasteiger partial charge in [-0.25, -0.2) is 0 Å². The molecule has 0 radical (unpaired) electrons. The minimum atomic E-state index is -0.872. The van der Waals surface area contributed by atoms with Crippen LogP contribution in [0.3, 0.4) is 0 Å². The molecule has 0 spiro atoms. The van der Waals surface area contributed by atoms with Gasteiger partial charge in [0.15, 0.2) is 23.6 Å². The zero-order valence-corrected chi connectivity index (χ0v) is 17.0. The Morgan fingerprint density at radius 2 is 1.55 bits per heavy atom. The molecule has 156 valence electrons. The number of carbonyl (C=O) groups is 1. The fourth-order valence-corrected chi connectivity index (χ4v) is 3.34. The minimum absolute atomic E-state index is 0.0284. The average Bonchev–Trinajstić information content (AvgIpc) is 3.25. The van der Waals surface area contributed by atoms with Gasteiger partial charge in [-0.3, -0.25) is 4.79 Å². The second kappa shape index (κ2) is 9.02. The van der Waals surface area contributed by atoms with E-state index >= 15 is 0 Å². The third-order valence-electron chi connectivity index (χ3n) is 4.74. The normalized spacial score (nSPS) is 13.3. The Morgan fingerprint density at radius 3 is 2.10 bits per heavy atom. The van der Waals surface area contributed by atoms with Gasteiger partial charge >= 0.3 is 0 Å². The first-order valence-electron chi connectivity index (χ1n) is 8.87. The van der Waals surface area contributed by atoms with Gasteiger partial charge in [0.25, 0.3) is 0 Å². The number of benzene rings is 2. The van der Waals surface area contributed by atoms with Crippen molar-refractivity contribution in [3.8, 4) is 28.7 Å². The molecular weight excluding hydrogens is 380 g/mol. The number of fused-ring (bicyclic) bond motifs is 1. The van der Waals surface area contributed by atoms with Gasteiger partial charge in [-0.15, -0.1) is 0 Å². The van der Waals surface area contributed by atoms with E-state index in [9.17, 15) is 4.79 Å². The van der Waals surface area contributed by atoms with Crippen molar-refractivity contribution in [2.45, 2.75) is 12.2 Å². The Kier molecular flexibility index (Phi) is 6.46. The maximum absolute atomic E-state index is 13.5. The summed E-state index contributed by atoms with van der Waals surface area (Å²) < 4.78 is 38.2. The van der Waals surface area contributed by atoms with Gasteiger partial charge in [-0.05, 0) is 30.3 Å². The van der Waals surface area contributed by atoms with Crippen LogP contribution in [0.1, 0.15) is 21.8 Å². The number of rotatable bonds is 9.